The molecule has 3 rings (SSSR count). The number of hydrogen-bond donors (Lipinski definition) is 1. The third-order valence-electron chi connectivity index (χ3n) is 2.96. The Hall–Kier alpha value is -1.85. The molecule has 0 saturated carbocycles. The second kappa shape index (κ2) is 6.28. The molecule has 3 nitrogen and oxygen atoms in total. The van der Waals surface area contributed by atoms with E-state index >= 15 is 0 Å². The summed E-state index contributed by atoms with van der Waals surface area (Å²) >= 11 is 3.02. The van der Waals surface area contributed by atoms with Crippen LogP contribution in [0.2, 0.25) is 0 Å². The molecule has 0 bridgehead atoms. The number of aryl methyl sites for hydroxylation is 1. The topological polar surface area (TPSA) is 42.0 Å². The Morgan fingerprint density at radius 2 is 2.05 bits per heavy atom. The number of rotatable bonds is 4. The van der Waals surface area contributed by atoms with Crippen molar-refractivity contribution in [1.82, 2.24) is 4.98 Å². The summed E-state index contributed by atoms with van der Waals surface area (Å²) in [5.41, 5.74) is 0. The van der Waals surface area contributed by atoms with Crippen LogP contribution in [0.15, 0.2) is 53.6 Å². The van der Waals surface area contributed by atoms with Crippen LogP contribution in [-0.4, -0.2) is 16.6 Å². The number of thiazole rings is 1. The highest BCUT2D eigenvalue weighted by molar-refractivity contribution is 8.00. The fourth-order valence-corrected chi connectivity index (χ4v) is 3.40. The zero-order valence-electron chi connectivity index (χ0n) is 11.5. The van der Waals surface area contributed by atoms with Crippen LogP contribution >= 0.6 is 23.1 Å². The first-order valence-corrected chi connectivity index (χ1v) is 8.35. The van der Waals surface area contributed by atoms with E-state index in [2.05, 4.69) is 34.6 Å². The first kappa shape index (κ1) is 14.1. The van der Waals surface area contributed by atoms with Gasteiger partial charge in [-0.2, -0.15) is 0 Å². The van der Waals surface area contributed by atoms with Gasteiger partial charge in [-0.15, -0.1) is 23.1 Å². The lowest BCUT2D eigenvalue weighted by Crippen LogP contribution is -2.13. The van der Waals surface area contributed by atoms with Crippen molar-refractivity contribution in [3.63, 3.8) is 0 Å². The average Bonchev–Trinajstić information content (AvgIpc) is 2.90. The number of thioether (sulfide) groups is 1. The quantitative estimate of drug-likeness (QED) is 0.729. The monoisotopic (exact) mass is 314 g/mol. The van der Waals surface area contributed by atoms with Gasteiger partial charge in [0.1, 0.15) is 0 Å². The summed E-state index contributed by atoms with van der Waals surface area (Å²) in [6.45, 7) is 1.97. The van der Waals surface area contributed by atoms with E-state index in [-0.39, 0.29) is 5.91 Å². The van der Waals surface area contributed by atoms with Gasteiger partial charge in [-0.25, -0.2) is 4.98 Å². The van der Waals surface area contributed by atoms with Gasteiger partial charge in [0, 0.05) is 16.0 Å². The molecule has 0 aliphatic heterocycles. The number of aromatic nitrogens is 1. The van der Waals surface area contributed by atoms with E-state index in [4.69, 9.17) is 0 Å². The van der Waals surface area contributed by atoms with Crippen LogP contribution in [0.5, 0.6) is 0 Å². The third kappa shape index (κ3) is 3.62. The maximum atomic E-state index is 11.9. The van der Waals surface area contributed by atoms with E-state index in [0.717, 1.165) is 9.77 Å². The largest absolute Gasteiger partial charge is 0.301 e. The Bertz CT molecular complexity index is 783. The van der Waals surface area contributed by atoms with Crippen molar-refractivity contribution in [3.8, 4) is 0 Å². The fraction of sp³-hybridized carbons (Fsp3) is 0.125. The lowest BCUT2D eigenvalue weighted by Gasteiger charge is -2.04. The maximum absolute atomic E-state index is 11.9. The van der Waals surface area contributed by atoms with Crippen LogP contribution in [-0.2, 0) is 4.79 Å². The van der Waals surface area contributed by atoms with Crippen molar-refractivity contribution >= 4 is 44.9 Å². The first-order valence-electron chi connectivity index (χ1n) is 6.54. The number of nitrogens with zero attached hydrogens (tertiary/aromatic N) is 1. The average molecular weight is 314 g/mol. The van der Waals surface area contributed by atoms with Gasteiger partial charge in [0.15, 0.2) is 5.13 Å². The van der Waals surface area contributed by atoms with Crippen LogP contribution in [0.4, 0.5) is 5.13 Å². The van der Waals surface area contributed by atoms with Crippen molar-refractivity contribution in [1.29, 1.82) is 0 Å². The maximum Gasteiger partial charge on any atom is 0.236 e. The van der Waals surface area contributed by atoms with Crippen LogP contribution in [0.1, 0.15) is 4.88 Å². The van der Waals surface area contributed by atoms with E-state index in [1.165, 1.54) is 33.9 Å². The van der Waals surface area contributed by atoms with Crippen LogP contribution in [0.3, 0.4) is 0 Å². The first-order chi connectivity index (χ1) is 10.2. The summed E-state index contributed by atoms with van der Waals surface area (Å²) in [4.78, 5) is 18.2. The lowest BCUT2D eigenvalue weighted by atomic mass is 10.1. The van der Waals surface area contributed by atoms with Gasteiger partial charge in [-0.05, 0) is 29.8 Å². The Kier molecular flexibility index (Phi) is 4.22. The molecular weight excluding hydrogens is 300 g/mol. The summed E-state index contributed by atoms with van der Waals surface area (Å²) in [5, 5.41) is 5.89. The van der Waals surface area contributed by atoms with Gasteiger partial charge in [0.25, 0.3) is 0 Å². The van der Waals surface area contributed by atoms with Crippen LogP contribution < -0.4 is 5.32 Å². The summed E-state index contributed by atoms with van der Waals surface area (Å²) in [5.74, 6) is 0.360. The Labute approximate surface area is 131 Å². The highest BCUT2D eigenvalue weighted by atomic mass is 32.2. The zero-order chi connectivity index (χ0) is 14.7. The molecule has 1 aromatic heterocycles. The number of carbonyl (C=O) groups is 1. The zero-order valence-corrected chi connectivity index (χ0v) is 13.1. The standard InChI is InChI=1S/C16H14N2OS2/c1-11-9-17-16(21-11)18-15(19)10-20-14-7-6-12-4-2-3-5-13(12)8-14/h2-9H,10H2,1H3,(H,17,18,19). The van der Waals surface area contributed by atoms with Crippen molar-refractivity contribution in [3.05, 3.63) is 53.5 Å². The number of anilines is 1. The molecule has 0 fully saturated rings. The highest BCUT2D eigenvalue weighted by Crippen LogP contribution is 2.24. The second-order valence-corrected chi connectivity index (χ2v) is 6.91. The molecule has 0 atom stereocenters. The molecule has 0 aliphatic rings. The molecule has 0 spiro atoms. The molecule has 1 amide bonds. The van der Waals surface area contributed by atoms with Gasteiger partial charge in [-0.3, -0.25) is 4.79 Å². The number of nitrogens with one attached hydrogen (secondary N) is 1. The second-order valence-electron chi connectivity index (χ2n) is 4.62. The van der Waals surface area contributed by atoms with E-state index < -0.39 is 0 Å². The number of benzene rings is 2. The Morgan fingerprint density at radius 3 is 2.81 bits per heavy atom. The summed E-state index contributed by atoms with van der Waals surface area (Å²) in [7, 11) is 0. The normalized spacial score (nSPS) is 10.7. The molecule has 1 heterocycles. The lowest BCUT2D eigenvalue weighted by molar-refractivity contribution is -0.113. The van der Waals surface area contributed by atoms with Gasteiger partial charge >= 0.3 is 0 Å². The predicted molar refractivity (Wildman–Crippen MR) is 90.2 cm³/mol. The van der Waals surface area contributed by atoms with Crippen molar-refractivity contribution in [2.24, 2.45) is 0 Å². The number of fused-ring (bicyclic) bond motifs is 1. The molecule has 106 valence electrons. The molecule has 0 saturated heterocycles. The van der Waals surface area contributed by atoms with Gasteiger partial charge in [0.05, 0.1) is 5.75 Å². The molecule has 0 unspecified atom stereocenters. The summed E-state index contributed by atoms with van der Waals surface area (Å²) in [6, 6.07) is 14.5. The molecule has 3 aromatic rings. The summed E-state index contributed by atoms with van der Waals surface area (Å²) < 4.78 is 0. The van der Waals surface area contributed by atoms with E-state index in [0.29, 0.717) is 10.9 Å². The van der Waals surface area contributed by atoms with Crippen LogP contribution in [0.25, 0.3) is 10.8 Å². The minimum atomic E-state index is -0.0255. The smallest absolute Gasteiger partial charge is 0.236 e. The number of carbonyl (C=O) groups excluding carboxylic acids is 1. The van der Waals surface area contributed by atoms with E-state index in [9.17, 15) is 4.79 Å². The molecule has 0 radical (unpaired) electrons. The van der Waals surface area contributed by atoms with Crippen molar-refractivity contribution in [2.75, 3.05) is 11.1 Å². The predicted octanol–water partition coefficient (Wildman–Crippen LogP) is 4.34. The van der Waals surface area contributed by atoms with Gasteiger partial charge < -0.3 is 5.32 Å². The van der Waals surface area contributed by atoms with E-state index in [1.807, 2.05) is 25.1 Å². The Morgan fingerprint density at radius 1 is 1.24 bits per heavy atom. The number of amides is 1. The van der Waals surface area contributed by atoms with Crippen molar-refractivity contribution < 1.29 is 4.79 Å². The van der Waals surface area contributed by atoms with Gasteiger partial charge in [-0.1, -0.05) is 30.3 Å². The van der Waals surface area contributed by atoms with Gasteiger partial charge in [0.2, 0.25) is 5.91 Å². The number of hydrogen-bond acceptors (Lipinski definition) is 4. The SMILES string of the molecule is Cc1cnc(NC(=O)CSc2ccc3ccccc3c2)s1. The molecule has 1 N–H and O–H groups in total. The molecule has 5 heteroatoms. The molecule has 0 aliphatic carbocycles. The van der Waals surface area contributed by atoms with Crippen LogP contribution in [0, 0.1) is 6.92 Å². The molecular formula is C16H14N2OS2. The minimum absolute atomic E-state index is 0.0255. The molecule has 2 aromatic carbocycles. The Balaban J connectivity index is 1.61. The van der Waals surface area contributed by atoms with Crippen molar-refractivity contribution in [2.45, 2.75) is 11.8 Å². The fourth-order valence-electron chi connectivity index (χ4n) is 1.97. The third-order valence-corrected chi connectivity index (χ3v) is 4.78. The molecule has 21 heavy (non-hydrogen) atoms. The van der Waals surface area contributed by atoms with E-state index in [1.54, 1.807) is 6.20 Å². The highest BCUT2D eigenvalue weighted by Gasteiger charge is 2.06. The summed E-state index contributed by atoms with van der Waals surface area (Å²) in [6.07, 6.45) is 1.76. The minimum Gasteiger partial charge on any atom is -0.301 e.